The van der Waals surface area contributed by atoms with Gasteiger partial charge in [-0.3, -0.25) is 14.4 Å². The van der Waals surface area contributed by atoms with Gasteiger partial charge in [0.15, 0.2) is 24.6 Å². The second-order valence-electron chi connectivity index (χ2n) is 23.1. The van der Waals surface area contributed by atoms with Crippen molar-refractivity contribution in [3.8, 4) is 0 Å². The van der Waals surface area contributed by atoms with Gasteiger partial charge in [0.2, 0.25) is 0 Å². The van der Waals surface area contributed by atoms with Crippen LogP contribution in [0.3, 0.4) is 0 Å². The molecule has 0 aromatic heterocycles. The standard InChI is InChI=1S/C75H122O12/c1-4-7-10-13-16-19-22-25-28-31-34-37-40-43-46-49-52-55-58-61-67(76)83-64-66(85-68(77)62-59-56-53-50-47-44-41-38-35-32-29-26-23-20-17-14-11-8-5-2)65-84-75-73(71(80)70(79)72(87-75)74(81)82)86-69(78)63-60-57-54-51-48-45-42-39-36-33-30-27-24-21-18-15-12-9-6-3/h7,9-10,12,16,18-19,21,25,27-28,30,34,36-37,39,43,46,52,55,66,70-73,75,79-80H,4-6,8,11,13-15,17,20,22-24,26,29,31-33,35,38,40-42,44-45,47-51,53-54,56-65H2,1-3H3,(H,81,82)/b10-7-,12-9-,19-16-,21-18-,28-25-,30-27-,37-34-,39-36-,46-43-,55-52-. The van der Waals surface area contributed by atoms with Gasteiger partial charge in [-0.1, -0.05) is 284 Å². The van der Waals surface area contributed by atoms with E-state index in [0.29, 0.717) is 19.3 Å². The molecule has 3 N–H and O–H groups in total. The summed E-state index contributed by atoms with van der Waals surface area (Å²) in [5, 5.41) is 31.7. The molecule has 6 atom stereocenters. The number of hydrogen-bond donors (Lipinski definition) is 3. The summed E-state index contributed by atoms with van der Waals surface area (Å²) >= 11 is 0. The maximum absolute atomic E-state index is 13.2. The van der Waals surface area contributed by atoms with E-state index in [1.54, 1.807) is 0 Å². The number of carboxylic acid groups (broad SMARTS) is 1. The van der Waals surface area contributed by atoms with Crippen LogP contribution in [-0.4, -0.2) is 89.2 Å². The van der Waals surface area contributed by atoms with Crippen LogP contribution >= 0.6 is 0 Å². The van der Waals surface area contributed by atoms with E-state index in [0.717, 1.165) is 122 Å². The maximum atomic E-state index is 13.2. The molecule has 1 aliphatic rings. The summed E-state index contributed by atoms with van der Waals surface area (Å²) in [4.78, 5) is 51.4. The van der Waals surface area contributed by atoms with Crippen LogP contribution in [-0.2, 0) is 42.9 Å². The first kappa shape index (κ1) is 80.1. The summed E-state index contributed by atoms with van der Waals surface area (Å²) in [7, 11) is 0. The molecule has 0 saturated carbocycles. The van der Waals surface area contributed by atoms with E-state index < -0.39 is 67.3 Å². The molecule has 1 rings (SSSR count). The third-order valence-electron chi connectivity index (χ3n) is 15.0. The van der Waals surface area contributed by atoms with Crippen molar-refractivity contribution in [3.05, 3.63) is 122 Å². The Bertz CT molecular complexity index is 1970. The fourth-order valence-electron chi connectivity index (χ4n) is 9.86. The van der Waals surface area contributed by atoms with Crippen molar-refractivity contribution in [2.45, 2.75) is 314 Å². The number of carbonyl (C=O) groups excluding carboxylic acids is 3. The number of aliphatic hydroxyl groups is 2. The first-order valence-electron chi connectivity index (χ1n) is 34.5. The summed E-state index contributed by atoms with van der Waals surface area (Å²) in [5.74, 6) is -3.25. The first-order chi connectivity index (χ1) is 42.6. The maximum Gasteiger partial charge on any atom is 0.335 e. The summed E-state index contributed by atoms with van der Waals surface area (Å²) in [6.45, 7) is 5.74. The fraction of sp³-hybridized carbons (Fsp3) is 0.680. The van der Waals surface area contributed by atoms with Crippen molar-refractivity contribution >= 4 is 23.9 Å². The van der Waals surface area contributed by atoms with Gasteiger partial charge in [0.25, 0.3) is 0 Å². The zero-order valence-electron chi connectivity index (χ0n) is 54.7. The number of unbranched alkanes of at least 4 members (excludes halogenated alkanes) is 24. The molecule has 6 unspecified atom stereocenters. The zero-order chi connectivity index (χ0) is 63.1. The lowest BCUT2D eigenvalue weighted by atomic mass is 9.98. The van der Waals surface area contributed by atoms with Gasteiger partial charge < -0.3 is 39.0 Å². The molecule has 1 aliphatic heterocycles. The van der Waals surface area contributed by atoms with Crippen LogP contribution in [0.2, 0.25) is 0 Å². The van der Waals surface area contributed by atoms with Gasteiger partial charge in [-0.05, 0) is 96.3 Å². The highest BCUT2D eigenvalue weighted by Gasteiger charge is 2.50. The van der Waals surface area contributed by atoms with Crippen LogP contribution in [0.5, 0.6) is 0 Å². The van der Waals surface area contributed by atoms with E-state index in [1.807, 2.05) is 12.2 Å². The predicted octanol–water partition coefficient (Wildman–Crippen LogP) is 19.1. The summed E-state index contributed by atoms with van der Waals surface area (Å²) in [6.07, 6.45) is 73.1. The average molecular weight is 1220 g/mol. The smallest absolute Gasteiger partial charge is 0.335 e. The number of carbonyl (C=O) groups is 4. The first-order valence-corrected chi connectivity index (χ1v) is 34.5. The van der Waals surface area contributed by atoms with Gasteiger partial charge in [0.05, 0.1) is 6.61 Å². The Morgan fingerprint density at radius 1 is 0.391 bits per heavy atom. The van der Waals surface area contributed by atoms with E-state index in [-0.39, 0.29) is 25.9 Å². The van der Waals surface area contributed by atoms with Crippen LogP contribution in [0.15, 0.2) is 122 Å². The zero-order valence-corrected chi connectivity index (χ0v) is 54.7. The molecule has 0 aliphatic carbocycles. The fourth-order valence-corrected chi connectivity index (χ4v) is 9.86. The SMILES string of the molecule is CC/C=C\C/C=C\C/C=C\C/C=C\C/C=C\C/C=C\CCC(=O)OCC(COC1OC(C(=O)O)C(O)C(O)C1OC(=O)CCCCCCCC/C=C\C/C=C\C/C=C\C/C=C\CC)OC(=O)CCCCCCCCCCCCCCCCCCCCC. The number of ether oxygens (including phenoxy) is 5. The molecule has 494 valence electrons. The van der Waals surface area contributed by atoms with Crippen molar-refractivity contribution in [2.75, 3.05) is 13.2 Å². The molecule has 12 nitrogen and oxygen atoms in total. The van der Waals surface area contributed by atoms with E-state index in [4.69, 9.17) is 23.7 Å². The molecule has 0 radical (unpaired) electrons. The third-order valence-corrected chi connectivity index (χ3v) is 15.0. The van der Waals surface area contributed by atoms with E-state index in [2.05, 4.69) is 130 Å². The minimum absolute atomic E-state index is 0.0323. The highest BCUT2D eigenvalue weighted by Crippen LogP contribution is 2.27. The number of aliphatic carboxylic acids is 1. The highest BCUT2D eigenvalue weighted by molar-refractivity contribution is 5.74. The summed E-state index contributed by atoms with van der Waals surface area (Å²) < 4.78 is 28.5. The number of aliphatic hydroxyl groups excluding tert-OH is 2. The van der Waals surface area contributed by atoms with Crippen molar-refractivity contribution in [1.29, 1.82) is 0 Å². The van der Waals surface area contributed by atoms with Gasteiger partial charge in [-0.15, -0.1) is 0 Å². The Labute approximate surface area is 528 Å². The Balaban J connectivity index is 2.69. The highest BCUT2D eigenvalue weighted by atomic mass is 16.7. The van der Waals surface area contributed by atoms with Crippen molar-refractivity contribution in [3.63, 3.8) is 0 Å². The van der Waals surface area contributed by atoms with Crippen LogP contribution in [0.4, 0.5) is 0 Å². The molecule has 87 heavy (non-hydrogen) atoms. The van der Waals surface area contributed by atoms with Gasteiger partial charge >= 0.3 is 23.9 Å². The van der Waals surface area contributed by atoms with Crippen LogP contribution in [0.25, 0.3) is 0 Å². The molecule has 1 heterocycles. The van der Waals surface area contributed by atoms with Crippen molar-refractivity contribution in [2.24, 2.45) is 0 Å². The van der Waals surface area contributed by atoms with Gasteiger partial charge in [0, 0.05) is 19.3 Å². The molecular formula is C75H122O12. The number of hydrogen-bond acceptors (Lipinski definition) is 11. The second-order valence-corrected chi connectivity index (χ2v) is 23.1. The molecule has 1 saturated heterocycles. The third kappa shape index (κ3) is 50.7. The number of esters is 3. The van der Waals surface area contributed by atoms with Gasteiger partial charge in [0.1, 0.15) is 18.8 Å². The molecule has 1 fully saturated rings. The minimum Gasteiger partial charge on any atom is -0.479 e. The van der Waals surface area contributed by atoms with Gasteiger partial charge in [-0.2, -0.15) is 0 Å². The molecule has 0 aromatic carbocycles. The Morgan fingerprint density at radius 3 is 1.15 bits per heavy atom. The lowest BCUT2D eigenvalue weighted by Crippen LogP contribution is -2.61. The summed E-state index contributed by atoms with van der Waals surface area (Å²) in [5.41, 5.74) is 0. The minimum atomic E-state index is -1.92. The lowest BCUT2D eigenvalue weighted by Gasteiger charge is -2.40. The molecule has 0 amide bonds. The Morgan fingerprint density at radius 2 is 0.747 bits per heavy atom. The molecule has 0 bridgehead atoms. The molecule has 12 heteroatoms. The van der Waals surface area contributed by atoms with Crippen molar-refractivity contribution in [1.82, 2.24) is 0 Å². The van der Waals surface area contributed by atoms with Crippen LogP contribution < -0.4 is 0 Å². The molecule has 0 aromatic rings. The van der Waals surface area contributed by atoms with Gasteiger partial charge in [-0.25, -0.2) is 4.79 Å². The molecule has 0 spiro atoms. The number of rotatable bonds is 58. The Hall–Kier alpha value is -4.88. The van der Waals surface area contributed by atoms with E-state index in [1.165, 1.54) is 96.3 Å². The van der Waals surface area contributed by atoms with Crippen LogP contribution in [0.1, 0.15) is 278 Å². The van der Waals surface area contributed by atoms with Crippen LogP contribution in [0, 0.1) is 0 Å². The van der Waals surface area contributed by atoms with Crippen molar-refractivity contribution < 1.29 is 58.2 Å². The topological polar surface area (TPSA) is 175 Å². The normalized spacial score (nSPS) is 18.1. The largest absolute Gasteiger partial charge is 0.479 e. The molecular weight excluding hydrogens is 1090 g/mol. The summed E-state index contributed by atoms with van der Waals surface area (Å²) in [6, 6.07) is 0. The average Bonchev–Trinajstić information content (AvgIpc) is 2.56. The monoisotopic (exact) mass is 1210 g/mol. The van der Waals surface area contributed by atoms with E-state index >= 15 is 0 Å². The van der Waals surface area contributed by atoms with E-state index in [9.17, 15) is 34.5 Å². The predicted molar refractivity (Wildman–Crippen MR) is 358 cm³/mol. The number of carboxylic acids is 1. The Kier molecular flexibility index (Phi) is 56.5. The number of allylic oxidation sites excluding steroid dienone is 20. The quantitative estimate of drug-likeness (QED) is 0.0228. The lowest BCUT2D eigenvalue weighted by molar-refractivity contribution is -0.301. The second kappa shape index (κ2) is 61.4.